The number of hydrogen-bond donors (Lipinski definition) is 1. The molecule has 0 radical (unpaired) electrons. The van der Waals surface area contributed by atoms with Crippen molar-refractivity contribution in [2.45, 2.75) is 32.5 Å². The van der Waals surface area contributed by atoms with Crippen LogP contribution in [0.25, 0.3) is 0 Å². The van der Waals surface area contributed by atoms with E-state index in [9.17, 15) is 5.11 Å². The summed E-state index contributed by atoms with van der Waals surface area (Å²) >= 11 is 0. The summed E-state index contributed by atoms with van der Waals surface area (Å²) in [5, 5.41) is 11.2. The van der Waals surface area contributed by atoms with Crippen LogP contribution in [0.3, 0.4) is 0 Å². The van der Waals surface area contributed by atoms with Gasteiger partial charge in [0.15, 0.2) is 11.5 Å². The standard InChI is InChI=1S/C27H35N3O5/c1-21-4-7-24(8-5-21)35-20-27(31)18-29(12-14-33-19-27)17-23-6-9-25(32-3)26(16-23)34-15-13-30-11-10-28-22(30)2/h4-11,16,31H,12-15,17-20H2,1-3H3/t27-/m1/s1. The van der Waals surface area contributed by atoms with Gasteiger partial charge in [0.2, 0.25) is 0 Å². The molecular weight excluding hydrogens is 446 g/mol. The maximum Gasteiger partial charge on any atom is 0.161 e. The third-order valence-corrected chi connectivity index (χ3v) is 6.12. The number of rotatable bonds is 10. The third kappa shape index (κ3) is 6.97. The minimum absolute atomic E-state index is 0.164. The molecule has 0 unspecified atom stereocenters. The number of β-amino-alcohol motifs (C(OH)–C–C–N with tert-alkyl or cyclic N) is 1. The van der Waals surface area contributed by atoms with E-state index in [4.69, 9.17) is 18.9 Å². The fourth-order valence-corrected chi connectivity index (χ4v) is 4.16. The maximum atomic E-state index is 11.2. The molecule has 0 bridgehead atoms. The third-order valence-electron chi connectivity index (χ3n) is 6.12. The first-order valence-corrected chi connectivity index (χ1v) is 11.9. The first-order chi connectivity index (χ1) is 16.9. The largest absolute Gasteiger partial charge is 0.493 e. The average Bonchev–Trinajstić information content (AvgIpc) is 3.16. The monoisotopic (exact) mass is 481 g/mol. The Morgan fingerprint density at radius 2 is 1.91 bits per heavy atom. The van der Waals surface area contributed by atoms with Gasteiger partial charge in [0.05, 0.1) is 26.9 Å². The molecular formula is C27H35N3O5. The number of hydrogen-bond acceptors (Lipinski definition) is 7. The predicted octanol–water partition coefficient (Wildman–Crippen LogP) is 3.23. The van der Waals surface area contributed by atoms with Crippen LogP contribution in [0, 0.1) is 13.8 Å². The van der Waals surface area contributed by atoms with Gasteiger partial charge in [-0.15, -0.1) is 0 Å². The Morgan fingerprint density at radius 3 is 2.66 bits per heavy atom. The Labute approximate surface area is 207 Å². The lowest BCUT2D eigenvalue weighted by molar-refractivity contribution is -0.0646. The average molecular weight is 482 g/mol. The van der Waals surface area contributed by atoms with Gasteiger partial charge in [0.1, 0.15) is 30.4 Å². The fourth-order valence-electron chi connectivity index (χ4n) is 4.16. The van der Waals surface area contributed by atoms with Crippen molar-refractivity contribution >= 4 is 0 Å². The molecule has 1 aromatic heterocycles. The lowest BCUT2D eigenvalue weighted by Crippen LogP contribution is -2.48. The van der Waals surface area contributed by atoms with Crippen LogP contribution in [0.2, 0.25) is 0 Å². The number of benzene rings is 2. The van der Waals surface area contributed by atoms with Crippen LogP contribution in [0.15, 0.2) is 54.9 Å². The van der Waals surface area contributed by atoms with Gasteiger partial charge in [-0.2, -0.15) is 0 Å². The van der Waals surface area contributed by atoms with Crippen LogP contribution in [0.1, 0.15) is 17.0 Å². The van der Waals surface area contributed by atoms with Gasteiger partial charge in [-0.1, -0.05) is 23.8 Å². The van der Waals surface area contributed by atoms with Crippen molar-refractivity contribution in [1.29, 1.82) is 0 Å². The van der Waals surface area contributed by atoms with Crippen LogP contribution < -0.4 is 14.2 Å². The van der Waals surface area contributed by atoms with Crippen LogP contribution >= 0.6 is 0 Å². The van der Waals surface area contributed by atoms with Crippen molar-refractivity contribution in [2.24, 2.45) is 0 Å². The number of nitrogens with zero attached hydrogens (tertiary/aromatic N) is 3. The van der Waals surface area contributed by atoms with E-state index in [-0.39, 0.29) is 13.2 Å². The number of aliphatic hydroxyl groups is 1. The maximum absolute atomic E-state index is 11.2. The molecule has 2 aromatic carbocycles. The van der Waals surface area contributed by atoms with Crippen molar-refractivity contribution in [1.82, 2.24) is 14.5 Å². The highest BCUT2D eigenvalue weighted by atomic mass is 16.5. The van der Waals surface area contributed by atoms with Crippen LogP contribution in [0.4, 0.5) is 0 Å². The van der Waals surface area contributed by atoms with Gasteiger partial charge in [0.25, 0.3) is 0 Å². The Kier molecular flexibility index (Phi) is 8.28. The molecule has 0 aliphatic carbocycles. The molecule has 1 saturated heterocycles. The van der Waals surface area contributed by atoms with Crippen molar-refractivity contribution < 1.29 is 24.1 Å². The minimum atomic E-state index is -1.10. The molecule has 8 nitrogen and oxygen atoms in total. The molecule has 1 N–H and O–H groups in total. The summed E-state index contributed by atoms with van der Waals surface area (Å²) < 4.78 is 25.2. The second kappa shape index (κ2) is 11.6. The van der Waals surface area contributed by atoms with E-state index in [2.05, 4.69) is 9.88 Å². The highest BCUT2D eigenvalue weighted by molar-refractivity contribution is 5.43. The number of aromatic nitrogens is 2. The summed E-state index contributed by atoms with van der Waals surface area (Å²) in [7, 11) is 1.64. The topological polar surface area (TPSA) is 78.2 Å². The second-order valence-electron chi connectivity index (χ2n) is 9.09. The second-order valence-corrected chi connectivity index (χ2v) is 9.09. The Hall–Kier alpha value is -3.07. The van der Waals surface area contributed by atoms with Crippen molar-refractivity contribution in [2.75, 3.05) is 46.6 Å². The van der Waals surface area contributed by atoms with E-state index < -0.39 is 5.60 Å². The molecule has 35 heavy (non-hydrogen) atoms. The molecule has 3 aromatic rings. The van der Waals surface area contributed by atoms with E-state index in [1.807, 2.05) is 67.1 Å². The summed E-state index contributed by atoms with van der Waals surface area (Å²) in [6.45, 7) is 7.98. The van der Waals surface area contributed by atoms with Crippen LogP contribution in [-0.2, 0) is 17.8 Å². The molecule has 4 rings (SSSR count). The molecule has 1 aliphatic rings. The molecule has 1 aliphatic heterocycles. The molecule has 188 valence electrons. The molecule has 0 amide bonds. The summed E-state index contributed by atoms with van der Waals surface area (Å²) in [5.74, 6) is 3.09. The van der Waals surface area contributed by atoms with Crippen LogP contribution in [0.5, 0.6) is 17.2 Å². The van der Waals surface area contributed by atoms with E-state index >= 15 is 0 Å². The van der Waals surface area contributed by atoms with Gasteiger partial charge in [-0.3, -0.25) is 4.90 Å². The van der Waals surface area contributed by atoms with Gasteiger partial charge < -0.3 is 28.6 Å². The summed E-state index contributed by atoms with van der Waals surface area (Å²) in [6.07, 6.45) is 3.73. The lowest BCUT2D eigenvalue weighted by atomic mass is 10.1. The van der Waals surface area contributed by atoms with Crippen LogP contribution in [-0.4, -0.2) is 71.8 Å². The molecule has 0 saturated carbocycles. The molecule has 8 heteroatoms. The van der Waals surface area contributed by atoms with Gasteiger partial charge >= 0.3 is 0 Å². The summed E-state index contributed by atoms with van der Waals surface area (Å²) in [4.78, 5) is 6.43. The zero-order chi connectivity index (χ0) is 24.7. The Bertz CT molecular complexity index is 1080. The van der Waals surface area contributed by atoms with Crippen molar-refractivity contribution in [3.63, 3.8) is 0 Å². The number of ether oxygens (including phenoxy) is 4. The summed E-state index contributed by atoms with van der Waals surface area (Å²) in [5.41, 5.74) is 1.14. The van der Waals surface area contributed by atoms with E-state index in [1.54, 1.807) is 13.3 Å². The smallest absolute Gasteiger partial charge is 0.161 e. The summed E-state index contributed by atoms with van der Waals surface area (Å²) in [6, 6.07) is 13.8. The predicted molar refractivity (Wildman–Crippen MR) is 133 cm³/mol. The van der Waals surface area contributed by atoms with Gasteiger partial charge in [0, 0.05) is 32.0 Å². The Morgan fingerprint density at radius 1 is 1.09 bits per heavy atom. The normalized spacial score (nSPS) is 18.7. The minimum Gasteiger partial charge on any atom is -0.493 e. The molecule has 0 spiro atoms. The highest BCUT2D eigenvalue weighted by Crippen LogP contribution is 2.29. The zero-order valence-electron chi connectivity index (χ0n) is 20.8. The Balaban J connectivity index is 1.37. The van der Waals surface area contributed by atoms with E-state index in [1.165, 1.54) is 5.56 Å². The SMILES string of the molecule is COc1ccc(CN2CCOC[C@@](O)(COc3ccc(C)cc3)C2)cc1OCCn1ccnc1C. The number of methoxy groups -OCH3 is 1. The number of imidazole rings is 1. The van der Waals surface area contributed by atoms with Crippen molar-refractivity contribution in [3.05, 3.63) is 71.8 Å². The van der Waals surface area contributed by atoms with Gasteiger partial charge in [-0.25, -0.2) is 4.98 Å². The van der Waals surface area contributed by atoms with E-state index in [0.29, 0.717) is 44.3 Å². The quantitative estimate of drug-likeness (QED) is 0.476. The fraction of sp³-hybridized carbons (Fsp3) is 0.444. The lowest BCUT2D eigenvalue weighted by Gasteiger charge is -2.30. The first-order valence-electron chi connectivity index (χ1n) is 11.9. The molecule has 2 heterocycles. The molecule has 1 atom stereocenters. The first kappa shape index (κ1) is 25.0. The zero-order valence-corrected chi connectivity index (χ0v) is 20.8. The van der Waals surface area contributed by atoms with Crippen molar-refractivity contribution in [3.8, 4) is 17.2 Å². The molecule has 1 fully saturated rings. The van der Waals surface area contributed by atoms with E-state index in [0.717, 1.165) is 23.7 Å². The number of aryl methyl sites for hydroxylation is 2. The van der Waals surface area contributed by atoms with Gasteiger partial charge in [-0.05, 0) is 43.7 Å². The highest BCUT2D eigenvalue weighted by Gasteiger charge is 2.33.